The van der Waals surface area contributed by atoms with Gasteiger partial charge >= 0.3 is 0 Å². The number of aromatic nitrogens is 5. The molecule has 28 heavy (non-hydrogen) atoms. The minimum absolute atomic E-state index is 0.227. The largest absolute Gasteiger partial charge is 0.454 e. The van der Waals surface area contributed by atoms with Gasteiger partial charge in [0.25, 0.3) is 0 Å². The zero-order valence-corrected chi connectivity index (χ0v) is 15.1. The minimum atomic E-state index is 0.227. The van der Waals surface area contributed by atoms with E-state index >= 15 is 0 Å². The lowest BCUT2D eigenvalue weighted by Crippen LogP contribution is -1.93. The Morgan fingerprint density at radius 2 is 1.79 bits per heavy atom. The molecular weight excluding hydrogens is 378 g/mol. The van der Waals surface area contributed by atoms with Gasteiger partial charge in [0.2, 0.25) is 11.8 Å². The number of fused-ring (bicyclic) bond motifs is 2. The van der Waals surface area contributed by atoms with E-state index in [0.29, 0.717) is 33.0 Å². The van der Waals surface area contributed by atoms with Crippen LogP contribution in [0.5, 0.6) is 11.5 Å². The van der Waals surface area contributed by atoms with Gasteiger partial charge in [-0.2, -0.15) is 9.61 Å². The molecule has 0 radical (unpaired) electrons. The van der Waals surface area contributed by atoms with Gasteiger partial charge in [-0.05, 0) is 18.2 Å². The van der Waals surface area contributed by atoms with Crippen molar-refractivity contribution in [3.8, 4) is 44.9 Å². The maximum absolute atomic E-state index is 5.48. The summed E-state index contributed by atoms with van der Waals surface area (Å²) in [6.07, 6.45) is 0. The van der Waals surface area contributed by atoms with E-state index in [2.05, 4.69) is 20.5 Å². The molecule has 0 bridgehead atoms. The first-order valence-electron chi connectivity index (χ1n) is 8.50. The van der Waals surface area contributed by atoms with Crippen LogP contribution in [0.25, 0.3) is 38.4 Å². The highest BCUT2D eigenvalue weighted by Gasteiger charge is 2.20. The van der Waals surface area contributed by atoms with Gasteiger partial charge in [0, 0.05) is 17.2 Å². The first-order valence-corrected chi connectivity index (χ1v) is 9.31. The van der Waals surface area contributed by atoms with Crippen LogP contribution in [0, 0.1) is 0 Å². The van der Waals surface area contributed by atoms with Gasteiger partial charge in [-0.15, -0.1) is 10.2 Å². The molecule has 4 heterocycles. The average Bonchev–Trinajstić information content (AvgIpc) is 3.50. The van der Waals surface area contributed by atoms with Gasteiger partial charge in [-0.3, -0.25) is 0 Å². The topological polar surface area (TPSA) is 87.6 Å². The molecule has 0 fully saturated rings. The molecule has 0 N–H and O–H groups in total. The molecule has 9 heteroatoms. The molecule has 0 saturated carbocycles. The molecule has 8 nitrogen and oxygen atoms in total. The number of rotatable bonds is 3. The van der Waals surface area contributed by atoms with E-state index in [4.69, 9.17) is 14.0 Å². The summed E-state index contributed by atoms with van der Waals surface area (Å²) in [5.41, 5.74) is 2.47. The Labute approximate surface area is 162 Å². The maximum atomic E-state index is 5.48. The lowest BCUT2D eigenvalue weighted by molar-refractivity contribution is 0.174. The van der Waals surface area contributed by atoms with Gasteiger partial charge in [-0.25, -0.2) is 0 Å². The summed E-state index contributed by atoms with van der Waals surface area (Å²) < 4.78 is 18.0. The van der Waals surface area contributed by atoms with Gasteiger partial charge in [0.15, 0.2) is 28.1 Å². The average molecular weight is 389 g/mol. The summed E-state index contributed by atoms with van der Waals surface area (Å²) >= 11 is 1.40. The molecule has 1 aliphatic rings. The number of hydrogen-bond acceptors (Lipinski definition) is 8. The fraction of sp³-hybridized carbons (Fsp3) is 0.0526. The first kappa shape index (κ1) is 15.3. The molecule has 0 spiro atoms. The van der Waals surface area contributed by atoms with Crippen molar-refractivity contribution in [3.63, 3.8) is 0 Å². The minimum Gasteiger partial charge on any atom is -0.454 e. The smallest absolute Gasteiger partial charge is 0.235 e. The highest BCUT2D eigenvalue weighted by Crippen LogP contribution is 2.36. The summed E-state index contributed by atoms with van der Waals surface area (Å²) in [7, 11) is 0. The van der Waals surface area contributed by atoms with E-state index in [1.54, 1.807) is 4.52 Å². The highest BCUT2D eigenvalue weighted by atomic mass is 32.1. The highest BCUT2D eigenvalue weighted by molar-refractivity contribution is 7.19. The van der Waals surface area contributed by atoms with Crippen molar-refractivity contribution in [1.82, 2.24) is 25.0 Å². The fourth-order valence-electron chi connectivity index (χ4n) is 3.05. The van der Waals surface area contributed by atoms with Crippen molar-refractivity contribution in [2.75, 3.05) is 6.79 Å². The summed E-state index contributed by atoms with van der Waals surface area (Å²) in [6.45, 7) is 0.227. The van der Waals surface area contributed by atoms with Gasteiger partial charge in [0.05, 0.1) is 0 Å². The molecule has 0 unspecified atom stereocenters. The van der Waals surface area contributed by atoms with Crippen LogP contribution >= 0.6 is 11.3 Å². The summed E-state index contributed by atoms with van der Waals surface area (Å²) in [4.78, 5) is 0.673. The van der Waals surface area contributed by atoms with E-state index in [0.717, 1.165) is 16.9 Å². The predicted octanol–water partition coefficient (Wildman–Crippen LogP) is 3.90. The Kier molecular flexibility index (Phi) is 3.23. The van der Waals surface area contributed by atoms with E-state index in [1.807, 2.05) is 54.6 Å². The zero-order chi connectivity index (χ0) is 18.5. The normalized spacial score (nSPS) is 12.7. The van der Waals surface area contributed by atoms with Crippen LogP contribution in [-0.4, -0.2) is 31.8 Å². The van der Waals surface area contributed by atoms with Crippen LogP contribution in [0.4, 0.5) is 0 Å². The Hall–Kier alpha value is -3.72. The molecular formula is C19H11N5O3S. The third-order valence-corrected chi connectivity index (χ3v) is 5.33. The van der Waals surface area contributed by atoms with E-state index in [-0.39, 0.29) is 6.79 Å². The third kappa shape index (κ3) is 2.37. The molecule has 1 aliphatic heterocycles. The Bertz CT molecular complexity index is 1310. The van der Waals surface area contributed by atoms with Gasteiger partial charge in [-0.1, -0.05) is 46.8 Å². The molecule has 0 amide bonds. The Morgan fingerprint density at radius 3 is 2.71 bits per heavy atom. The van der Waals surface area contributed by atoms with Crippen LogP contribution in [0.15, 0.2) is 59.1 Å². The lowest BCUT2D eigenvalue weighted by atomic mass is 10.2. The SMILES string of the molecule is c1ccc(-c2cc(-c3nn4c(-c5ccc6c(c5)OCO6)nnc4s3)no2)cc1. The van der Waals surface area contributed by atoms with Crippen molar-refractivity contribution in [3.05, 3.63) is 54.6 Å². The molecule has 0 atom stereocenters. The quantitative estimate of drug-likeness (QED) is 0.462. The van der Waals surface area contributed by atoms with Crippen LogP contribution in [-0.2, 0) is 0 Å². The van der Waals surface area contributed by atoms with E-state index < -0.39 is 0 Å². The second kappa shape index (κ2) is 5.89. The molecule has 0 saturated heterocycles. The lowest BCUT2D eigenvalue weighted by Gasteiger charge is -1.99. The second-order valence-electron chi connectivity index (χ2n) is 6.14. The molecule has 3 aromatic heterocycles. The van der Waals surface area contributed by atoms with E-state index in [1.165, 1.54) is 11.3 Å². The van der Waals surface area contributed by atoms with Crippen molar-refractivity contribution in [2.45, 2.75) is 0 Å². The number of ether oxygens (including phenoxy) is 2. The molecule has 6 rings (SSSR count). The Morgan fingerprint density at radius 1 is 0.893 bits per heavy atom. The fourth-order valence-corrected chi connectivity index (χ4v) is 3.84. The first-order chi connectivity index (χ1) is 13.8. The molecule has 136 valence electrons. The summed E-state index contributed by atoms with van der Waals surface area (Å²) in [5, 5.41) is 18.0. The molecule has 0 aliphatic carbocycles. The van der Waals surface area contributed by atoms with Crippen LogP contribution in [0.2, 0.25) is 0 Å². The van der Waals surface area contributed by atoms with Crippen molar-refractivity contribution < 1.29 is 14.0 Å². The van der Waals surface area contributed by atoms with Crippen molar-refractivity contribution in [2.24, 2.45) is 0 Å². The maximum Gasteiger partial charge on any atom is 0.235 e. The second-order valence-corrected chi connectivity index (χ2v) is 7.09. The standard InChI is InChI=1S/C19H11N5O3S/c1-2-4-11(5-3-1)15-9-13(23-27-15)18-22-24-17(20-21-19(24)28-18)12-6-7-14-16(8-12)26-10-25-14/h1-9H,10H2. The molecule has 5 aromatic rings. The predicted molar refractivity (Wildman–Crippen MR) is 101 cm³/mol. The monoisotopic (exact) mass is 389 g/mol. The van der Waals surface area contributed by atoms with Gasteiger partial charge < -0.3 is 14.0 Å². The summed E-state index contributed by atoms with van der Waals surface area (Å²) in [5.74, 6) is 2.73. The summed E-state index contributed by atoms with van der Waals surface area (Å²) in [6, 6.07) is 17.3. The van der Waals surface area contributed by atoms with Crippen LogP contribution in [0.1, 0.15) is 0 Å². The van der Waals surface area contributed by atoms with Gasteiger partial charge in [0.1, 0.15) is 5.69 Å². The third-order valence-electron chi connectivity index (χ3n) is 4.41. The van der Waals surface area contributed by atoms with E-state index in [9.17, 15) is 0 Å². The molecule has 2 aromatic carbocycles. The zero-order valence-electron chi connectivity index (χ0n) is 14.3. The van der Waals surface area contributed by atoms with Crippen molar-refractivity contribution >= 4 is 16.3 Å². The Balaban J connectivity index is 1.40. The van der Waals surface area contributed by atoms with Crippen LogP contribution < -0.4 is 9.47 Å². The van der Waals surface area contributed by atoms with Crippen molar-refractivity contribution in [1.29, 1.82) is 0 Å². The number of hydrogen-bond donors (Lipinski definition) is 0. The number of nitrogens with zero attached hydrogens (tertiary/aromatic N) is 5. The number of benzene rings is 2. The van der Waals surface area contributed by atoms with Crippen LogP contribution in [0.3, 0.4) is 0 Å².